The maximum Gasteiger partial charge on any atom is 0.326 e. The van der Waals surface area contributed by atoms with E-state index in [0.29, 0.717) is 0 Å². The van der Waals surface area contributed by atoms with Crippen LogP contribution in [0.3, 0.4) is 0 Å². The Labute approximate surface area is 115 Å². The van der Waals surface area contributed by atoms with Gasteiger partial charge in [-0.05, 0) is 23.6 Å². The van der Waals surface area contributed by atoms with Crippen molar-refractivity contribution in [2.75, 3.05) is 0 Å². The van der Waals surface area contributed by atoms with Crippen molar-refractivity contribution >= 4 is 27.8 Å². The molecule has 1 aromatic rings. The molecule has 1 aromatic carbocycles. The number of nitrogens with one attached hydrogen (secondary N) is 1. The van der Waals surface area contributed by atoms with Crippen molar-refractivity contribution in [1.29, 1.82) is 0 Å². The third-order valence-corrected chi connectivity index (χ3v) is 3.00. The summed E-state index contributed by atoms with van der Waals surface area (Å²) in [4.78, 5) is 22.7. The molecule has 0 aromatic heterocycles. The summed E-state index contributed by atoms with van der Waals surface area (Å²) in [6.45, 7) is 3.52. The van der Waals surface area contributed by atoms with E-state index >= 15 is 0 Å². The first kappa shape index (κ1) is 14.7. The van der Waals surface area contributed by atoms with Crippen LogP contribution in [-0.2, 0) is 16.0 Å². The van der Waals surface area contributed by atoms with Gasteiger partial charge < -0.3 is 10.4 Å². The lowest BCUT2D eigenvalue weighted by Crippen LogP contribution is -2.44. The van der Waals surface area contributed by atoms with Gasteiger partial charge in [-0.15, -0.1) is 0 Å². The second kappa shape index (κ2) is 6.54. The molecule has 0 saturated carbocycles. The summed E-state index contributed by atoms with van der Waals surface area (Å²) in [5, 5.41) is 11.5. The Morgan fingerprint density at radius 2 is 2.06 bits per heavy atom. The van der Waals surface area contributed by atoms with Gasteiger partial charge in [-0.1, -0.05) is 41.9 Å². The van der Waals surface area contributed by atoms with Crippen molar-refractivity contribution in [1.82, 2.24) is 5.32 Å². The molecular formula is C13H16BrNO3. The Balaban J connectivity index is 2.63. The number of hydrogen-bond acceptors (Lipinski definition) is 2. The molecule has 2 N–H and O–H groups in total. The topological polar surface area (TPSA) is 66.4 Å². The average Bonchev–Trinajstić information content (AvgIpc) is 2.25. The van der Waals surface area contributed by atoms with Crippen molar-refractivity contribution in [3.05, 3.63) is 34.3 Å². The lowest BCUT2D eigenvalue weighted by atomic mass is 10.0. The van der Waals surface area contributed by atoms with Crippen molar-refractivity contribution < 1.29 is 14.7 Å². The molecule has 0 radical (unpaired) electrons. The van der Waals surface area contributed by atoms with Crippen molar-refractivity contribution in [2.24, 2.45) is 5.92 Å². The SMILES string of the molecule is CC(C)[C@@H](NC(=O)Cc1cccc(Br)c1)C(=O)O. The molecule has 0 bridgehead atoms. The van der Waals surface area contributed by atoms with Crippen molar-refractivity contribution in [3.8, 4) is 0 Å². The molecule has 98 valence electrons. The predicted molar refractivity (Wildman–Crippen MR) is 72.3 cm³/mol. The number of carboxylic acids is 1. The summed E-state index contributed by atoms with van der Waals surface area (Å²) < 4.78 is 0.895. The van der Waals surface area contributed by atoms with Gasteiger partial charge >= 0.3 is 5.97 Å². The highest BCUT2D eigenvalue weighted by molar-refractivity contribution is 9.10. The normalized spacial score (nSPS) is 12.2. The van der Waals surface area contributed by atoms with Crippen LogP contribution >= 0.6 is 15.9 Å². The number of carbonyl (C=O) groups is 2. The number of hydrogen-bond donors (Lipinski definition) is 2. The zero-order valence-electron chi connectivity index (χ0n) is 10.3. The van der Waals surface area contributed by atoms with Crippen LogP contribution < -0.4 is 5.32 Å². The van der Waals surface area contributed by atoms with Crippen LogP contribution in [0.1, 0.15) is 19.4 Å². The van der Waals surface area contributed by atoms with Crippen LogP contribution in [0.2, 0.25) is 0 Å². The molecule has 4 nitrogen and oxygen atoms in total. The zero-order chi connectivity index (χ0) is 13.7. The van der Waals surface area contributed by atoms with Gasteiger partial charge in [0.2, 0.25) is 5.91 Å². The molecule has 1 amide bonds. The molecule has 18 heavy (non-hydrogen) atoms. The van der Waals surface area contributed by atoms with Gasteiger partial charge in [0.1, 0.15) is 6.04 Å². The minimum Gasteiger partial charge on any atom is -0.480 e. The van der Waals surface area contributed by atoms with Gasteiger partial charge in [0.15, 0.2) is 0 Å². The number of halogens is 1. The average molecular weight is 314 g/mol. The number of aliphatic carboxylic acids is 1. The summed E-state index contributed by atoms with van der Waals surface area (Å²) in [7, 11) is 0. The first-order valence-corrected chi connectivity index (χ1v) is 6.46. The smallest absolute Gasteiger partial charge is 0.326 e. The van der Waals surface area contributed by atoms with Gasteiger partial charge in [0.05, 0.1) is 6.42 Å². The van der Waals surface area contributed by atoms with Gasteiger partial charge in [-0.25, -0.2) is 4.79 Å². The maximum absolute atomic E-state index is 11.8. The number of amides is 1. The van der Waals surface area contributed by atoms with E-state index in [-0.39, 0.29) is 18.2 Å². The molecular weight excluding hydrogens is 298 g/mol. The van der Waals surface area contributed by atoms with Crippen LogP contribution in [0.25, 0.3) is 0 Å². The molecule has 1 rings (SSSR count). The highest BCUT2D eigenvalue weighted by Crippen LogP contribution is 2.12. The van der Waals surface area contributed by atoms with Crippen molar-refractivity contribution in [3.63, 3.8) is 0 Å². The Morgan fingerprint density at radius 3 is 2.56 bits per heavy atom. The van der Waals surface area contributed by atoms with Crippen LogP contribution in [0.15, 0.2) is 28.7 Å². The second-order valence-electron chi connectivity index (χ2n) is 4.43. The summed E-state index contributed by atoms with van der Waals surface area (Å²) in [5.41, 5.74) is 0.842. The molecule has 0 aliphatic carbocycles. The van der Waals surface area contributed by atoms with Crippen LogP contribution in [-0.4, -0.2) is 23.0 Å². The monoisotopic (exact) mass is 313 g/mol. The Bertz CT molecular complexity index is 446. The Kier molecular flexibility index (Phi) is 5.34. The van der Waals surface area contributed by atoms with E-state index in [9.17, 15) is 9.59 Å². The first-order chi connectivity index (χ1) is 8.40. The molecule has 0 heterocycles. The highest BCUT2D eigenvalue weighted by Gasteiger charge is 2.23. The fourth-order valence-corrected chi connectivity index (χ4v) is 2.02. The zero-order valence-corrected chi connectivity index (χ0v) is 11.9. The van der Waals surface area contributed by atoms with Gasteiger partial charge in [-0.3, -0.25) is 4.79 Å². The van der Waals surface area contributed by atoms with E-state index in [1.54, 1.807) is 13.8 Å². The summed E-state index contributed by atoms with van der Waals surface area (Å²) in [5.74, 6) is -1.43. The first-order valence-electron chi connectivity index (χ1n) is 5.66. The minimum absolute atomic E-state index is 0.144. The molecule has 0 saturated heterocycles. The van der Waals surface area contributed by atoms with Crippen LogP contribution in [0.5, 0.6) is 0 Å². The Morgan fingerprint density at radius 1 is 1.39 bits per heavy atom. The standard InChI is InChI=1S/C13H16BrNO3/c1-8(2)12(13(17)18)15-11(16)7-9-4-3-5-10(14)6-9/h3-6,8,12H,7H2,1-2H3,(H,15,16)(H,17,18)/t12-/m1/s1. The summed E-state index contributed by atoms with van der Waals surface area (Å²) in [6.07, 6.45) is 0.177. The fraction of sp³-hybridized carbons (Fsp3) is 0.385. The molecule has 0 fully saturated rings. The number of carboxylic acid groups (broad SMARTS) is 1. The summed E-state index contributed by atoms with van der Waals surface area (Å²) in [6, 6.07) is 6.53. The molecule has 0 aliphatic heterocycles. The second-order valence-corrected chi connectivity index (χ2v) is 5.35. The highest BCUT2D eigenvalue weighted by atomic mass is 79.9. The van der Waals surface area contributed by atoms with Crippen molar-refractivity contribution in [2.45, 2.75) is 26.3 Å². The predicted octanol–water partition coefficient (Wildman–Crippen LogP) is 2.22. The molecule has 0 unspecified atom stereocenters. The van der Waals surface area contributed by atoms with E-state index in [2.05, 4.69) is 21.2 Å². The number of carbonyl (C=O) groups excluding carboxylic acids is 1. The van der Waals surface area contributed by atoms with Crippen LogP contribution in [0.4, 0.5) is 0 Å². The van der Waals surface area contributed by atoms with E-state index in [0.717, 1.165) is 10.0 Å². The van der Waals surface area contributed by atoms with E-state index in [1.807, 2.05) is 24.3 Å². The largest absolute Gasteiger partial charge is 0.480 e. The Hall–Kier alpha value is -1.36. The van der Waals surface area contributed by atoms with Gasteiger partial charge in [0.25, 0.3) is 0 Å². The fourth-order valence-electron chi connectivity index (χ4n) is 1.57. The third-order valence-electron chi connectivity index (χ3n) is 2.50. The molecule has 0 spiro atoms. The van der Waals surface area contributed by atoms with E-state index < -0.39 is 12.0 Å². The lowest BCUT2D eigenvalue weighted by molar-refractivity contribution is -0.143. The maximum atomic E-state index is 11.8. The quantitative estimate of drug-likeness (QED) is 0.876. The molecule has 0 aliphatic rings. The summed E-state index contributed by atoms with van der Waals surface area (Å²) >= 11 is 3.32. The van der Waals surface area contributed by atoms with E-state index in [1.165, 1.54) is 0 Å². The number of rotatable bonds is 5. The van der Waals surface area contributed by atoms with Gasteiger partial charge in [-0.2, -0.15) is 0 Å². The van der Waals surface area contributed by atoms with Gasteiger partial charge in [0, 0.05) is 4.47 Å². The number of benzene rings is 1. The minimum atomic E-state index is -1.01. The molecule has 1 atom stereocenters. The lowest BCUT2D eigenvalue weighted by Gasteiger charge is -2.17. The van der Waals surface area contributed by atoms with Crippen LogP contribution in [0, 0.1) is 5.92 Å². The molecule has 5 heteroatoms. The van der Waals surface area contributed by atoms with E-state index in [4.69, 9.17) is 5.11 Å². The third kappa shape index (κ3) is 4.49.